The molecule has 4 nitrogen and oxygen atoms in total. The van der Waals surface area contributed by atoms with E-state index in [2.05, 4.69) is 10.4 Å². The quantitative estimate of drug-likeness (QED) is 0.860. The summed E-state index contributed by atoms with van der Waals surface area (Å²) < 4.78 is 15.7. The summed E-state index contributed by atoms with van der Waals surface area (Å²) in [5, 5.41) is 7.10. The molecule has 2 aromatic rings. The molecule has 2 rings (SSSR count). The summed E-state index contributed by atoms with van der Waals surface area (Å²) in [4.78, 5) is 11.9. The van der Waals surface area contributed by atoms with Crippen LogP contribution >= 0.6 is 0 Å². The normalized spacial score (nSPS) is 10.7. The monoisotopic (exact) mass is 289 g/mol. The van der Waals surface area contributed by atoms with Crippen molar-refractivity contribution in [2.75, 3.05) is 6.54 Å². The Bertz CT molecular complexity index is 649. The van der Waals surface area contributed by atoms with Crippen molar-refractivity contribution < 1.29 is 9.18 Å². The van der Waals surface area contributed by atoms with Crippen molar-refractivity contribution in [3.8, 4) is 0 Å². The lowest BCUT2D eigenvalue weighted by Crippen LogP contribution is -2.26. The van der Waals surface area contributed by atoms with Gasteiger partial charge in [-0.2, -0.15) is 5.10 Å². The van der Waals surface area contributed by atoms with E-state index >= 15 is 0 Å². The molecule has 21 heavy (non-hydrogen) atoms. The number of nitrogens with zero attached hydrogens (tertiary/aromatic N) is 2. The number of carbonyl (C=O) groups is 1. The Kier molecular flexibility index (Phi) is 4.73. The second-order valence-electron chi connectivity index (χ2n) is 5.20. The van der Waals surface area contributed by atoms with Gasteiger partial charge < -0.3 is 5.32 Å². The fraction of sp³-hybridized carbons (Fsp3) is 0.375. The number of benzene rings is 1. The largest absolute Gasteiger partial charge is 0.352 e. The molecule has 0 spiro atoms. The molecule has 1 aromatic heterocycles. The molecule has 1 amide bonds. The first-order chi connectivity index (χ1) is 9.99. The molecule has 112 valence electrons. The number of hydrogen-bond donors (Lipinski definition) is 1. The minimum atomic E-state index is -0.450. The number of halogens is 1. The highest BCUT2D eigenvalue weighted by Crippen LogP contribution is 2.11. The van der Waals surface area contributed by atoms with Crippen molar-refractivity contribution in [2.24, 2.45) is 0 Å². The van der Waals surface area contributed by atoms with Crippen LogP contribution in [-0.2, 0) is 6.54 Å². The van der Waals surface area contributed by atoms with Crippen molar-refractivity contribution >= 4 is 5.91 Å². The highest BCUT2D eigenvalue weighted by molar-refractivity contribution is 5.94. The van der Waals surface area contributed by atoms with Crippen LogP contribution in [-0.4, -0.2) is 22.2 Å². The molecule has 5 heteroatoms. The first-order valence-electron chi connectivity index (χ1n) is 7.03. The molecule has 0 aliphatic heterocycles. The zero-order chi connectivity index (χ0) is 15.4. The van der Waals surface area contributed by atoms with Crippen LogP contribution in [0.3, 0.4) is 0 Å². The molecule has 0 saturated heterocycles. The van der Waals surface area contributed by atoms with Gasteiger partial charge in [0.1, 0.15) is 5.82 Å². The smallest absolute Gasteiger partial charge is 0.254 e. The maximum absolute atomic E-state index is 13.8. The third-order valence-corrected chi connectivity index (χ3v) is 3.37. The third kappa shape index (κ3) is 3.68. The Hall–Kier alpha value is -2.17. The number of amides is 1. The first-order valence-corrected chi connectivity index (χ1v) is 7.03. The van der Waals surface area contributed by atoms with Gasteiger partial charge in [0.15, 0.2) is 0 Å². The minimum Gasteiger partial charge on any atom is -0.352 e. The Labute approximate surface area is 124 Å². The molecular formula is C16H20FN3O. The second-order valence-corrected chi connectivity index (χ2v) is 5.20. The number of carbonyl (C=O) groups excluding carboxylic acids is 1. The lowest BCUT2D eigenvalue weighted by atomic mass is 10.1. The van der Waals surface area contributed by atoms with Gasteiger partial charge in [0.25, 0.3) is 5.91 Å². The van der Waals surface area contributed by atoms with Gasteiger partial charge >= 0.3 is 0 Å². The van der Waals surface area contributed by atoms with Gasteiger partial charge in [0.05, 0.1) is 11.3 Å². The van der Waals surface area contributed by atoms with E-state index in [0.717, 1.165) is 24.4 Å². The summed E-state index contributed by atoms with van der Waals surface area (Å²) in [6, 6.07) is 6.84. The van der Waals surface area contributed by atoms with Crippen LogP contribution in [0.2, 0.25) is 0 Å². The number of aromatic nitrogens is 2. The summed E-state index contributed by atoms with van der Waals surface area (Å²) in [5.74, 6) is -0.821. The lowest BCUT2D eigenvalue weighted by Gasteiger charge is -2.08. The van der Waals surface area contributed by atoms with Crippen LogP contribution < -0.4 is 5.32 Å². The fourth-order valence-corrected chi connectivity index (χ4v) is 2.25. The minimum absolute atomic E-state index is 0.0983. The van der Waals surface area contributed by atoms with Gasteiger partial charge in [-0.3, -0.25) is 9.48 Å². The number of aryl methyl sites for hydroxylation is 4. The first kappa shape index (κ1) is 15.2. The van der Waals surface area contributed by atoms with E-state index < -0.39 is 5.82 Å². The average molecular weight is 289 g/mol. The van der Waals surface area contributed by atoms with E-state index in [-0.39, 0.29) is 11.5 Å². The van der Waals surface area contributed by atoms with Crippen LogP contribution in [0.25, 0.3) is 0 Å². The molecule has 0 bridgehead atoms. The van der Waals surface area contributed by atoms with Crippen molar-refractivity contribution in [1.29, 1.82) is 0 Å². The number of rotatable bonds is 5. The van der Waals surface area contributed by atoms with E-state index in [9.17, 15) is 9.18 Å². The number of hydrogen-bond acceptors (Lipinski definition) is 2. The van der Waals surface area contributed by atoms with E-state index in [1.54, 1.807) is 19.1 Å². The zero-order valence-electron chi connectivity index (χ0n) is 12.6. The average Bonchev–Trinajstić information content (AvgIpc) is 2.76. The second kappa shape index (κ2) is 6.52. The Morgan fingerprint density at radius 3 is 2.76 bits per heavy atom. The highest BCUT2D eigenvalue weighted by Gasteiger charge is 2.12. The zero-order valence-corrected chi connectivity index (χ0v) is 12.6. The van der Waals surface area contributed by atoms with Crippen LogP contribution in [0.15, 0.2) is 24.3 Å². The van der Waals surface area contributed by atoms with Crippen molar-refractivity contribution in [2.45, 2.75) is 33.7 Å². The Balaban J connectivity index is 1.85. The lowest BCUT2D eigenvalue weighted by molar-refractivity contribution is 0.0948. The molecule has 1 N–H and O–H groups in total. The molecule has 0 unspecified atom stereocenters. The van der Waals surface area contributed by atoms with Crippen LogP contribution in [0, 0.1) is 26.6 Å². The van der Waals surface area contributed by atoms with Crippen molar-refractivity contribution in [3.63, 3.8) is 0 Å². The molecule has 0 radical (unpaired) electrons. The van der Waals surface area contributed by atoms with Crippen molar-refractivity contribution in [3.05, 3.63) is 52.6 Å². The summed E-state index contributed by atoms with van der Waals surface area (Å²) in [5.41, 5.74) is 2.66. The summed E-state index contributed by atoms with van der Waals surface area (Å²) in [6.07, 6.45) is 0.751. The molecule has 0 aliphatic carbocycles. The summed E-state index contributed by atoms with van der Waals surface area (Å²) in [6.45, 7) is 6.82. The summed E-state index contributed by atoms with van der Waals surface area (Å²) >= 11 is 0. The molecule has 0 fully saturated rings. The van der Waals surface area contributed by atoms with Gasteiger partial charge in [-0.1, -0.05) is 12.1 Å². The van der Waals surface area contributed by atoms with Gasteiger partial charge in [0.2, 0.25) is 0 Å². The van der Waals surface area contributed by atoms with Gasteiger partial charge in [-0.15, -0.1) is 0 Å². The van der Waals surface area contributed by atoms with E-state index in [0.29, 0.717) is 12.1 Å². The topological polar surface area (TPSA) is 46.9 Å². The van der Waals surface area contributed by atoms with Crippen LogP contribution in [0.1, 0.15) is 33.7 Å². The standard InChI is InChI=1S/C16H20FN3O/c1-11-6-4-7-14(15(11)17)16(21)18-8-5-9-20-13(3)10-12(2)19-20/h4,6-7,10H,5,8-9H2,1-3H3,(H,18,21). The third-order valence-electron chi connectivity index (χ3n) is 3.37. The molecule has 1 aromatic carbocycles. The van der Waals surface area contributed by atoms with Gasteiger partial charge in [0, 0.05) is 18.8 Å². The molecular weight excluding hydrogens is 269 g/mol. The maximum atomic E-state index is 13.8. The predicted octanol–water partition coefficient (Wildman–Crippen LogP) is 2.77. The predicted molar refractivity (Wildman–Crippen MR) is 79.8 cm³/mol. The molecule has 0 atom stereocenters. The Morgan fingerprint density at radius 2 is 2.10 bits per heavy atom. The van der Waals surface area contributed by atoms with Crippen LogP contribution in [0.4, 0.5) is 4.39 Å². The highest BCUT2D eigenvalue weighted by atomic mass is 19.1. The van der Waals surface area contributed by atoms with E-state index in [1.165, 1.54) is 6.07 Å². The molecule has 1 heterocycles. The van der Waals surface area contributed by atoms with Crippen LogP contribution in [0.5, 0.6) is 0 Å². The molecule has 0 aliphatic rings. The Morgan fingerprint density at radius 1 is 1.33 bits per heavy atom. The molecule has 0 saturated carbocycles. The van der Waals surface area contributed by atoms with E-state index in [4.69, 9.17) is 0 Å². The summed E-state index contributed by atoms with van der Waals surface area (Å²) in [7, 11) is 0. The SMILES string of the molecule is Cc1cc(C)n(CCCNC(=O)c2cccc(C)c2F)n1. The van der Waals surface area contributed by atoms with Gasteiger partial charge in [-0.05, 0) is 44.9 Å². The van der Waals surface area contributed by atoms with Crippen molar-refractivity contribution in [1.82, 2.24) is 15.1 Å². The van der Waals surface area contributed by atoms with Gasteiger partial charge in [-0.25, -0.2) is 4.39 Å². The number of nitrogens with one attached hydrogen (secondary N) is 1. The fourth-order valence-electron chi connectivity index (χ4n) is 2.25. The van der Waals surface area contributed by atoms with E-state index in [1.807, 2.05) is 24.6 Å². The maximum Gasteiger partial charge on any atom is 0.254 e.